The van der Waals surface area contributed by atoms with Gasteiger partial charge in [-0.1, -0.05) is 6.07 Å². The van der Waals surface area contributed by atoms with Gasteiger partial charge >= 0.3 is 0 Å². The summed E-state index contributed by atoms with van der Waals surface area (Å²) in [6.45, 7) is 4.09. The second kappa shape index (κ2) is 5.36. The van der Waals surface area contributed by atoms with Gasteiger partial charge < -0.3 is 19.2 Å². The smallest absolute Gasteiger partial charge is 0.161 e. The van der Waals surface area contributed by atoms with Gasteiger partial charge in [-0.2, -0.15) is 0 Å². The number of ether oxygens (including phenoxy) is 2. The third-order valence-corrected chi connectivity index (χ3v) is 3.19. The monoisotopic (exact) mass is 259 g/mol. The summed E-state index contributed by atoms with van der Waals surface area (Å²) in [5.74, 6) is 2.60. The summed E-state index contributed by atoms with van der Waals surface area (Å²) in [6.07, 6.45) is 1.69. The summed E-state index contributed by atoms with van der Waals surface area (Å²) in [5, 5.41) is 3.42. The standard InChI is InChI=1S/C15H17NO3/c1-11(13-3-2-6-17-13)16-10-12-4-5-14-15(9-12)19-8-7-18-14/h2-6,9,11,16H,7-8,10H2,1H3/t11-/m1/s1. The molecule has 1 aromatic heterocycles. The summed E-state index contributed by atoms with van der Waals surface area (Å²) >= 11 is 0. The fourth-order valence-electron chi connectivity index (χ4n) is 2.11. The van der Waals surface area contributed by atoms with Crippen molar-refractivity contribution in [3.05, 3.63) is 47.9 Å². The van der Waals surface area contributed by atoms with Crippen molar-refractivity contribution < 1.29 is 13.9 Å². The van der Waals surface area contributed by atoms with E-state index in [4.69, 9.17) is 13.9 Å². The molecule has 1 aliphatic heterocycles. The molecular weight excluding hydrogens is 242 g/mol. The maximum Gasteiger partial charge on any atom is 0.161 e. The first-order valence-corrected chi connectivity index (χ1v) is 6.48. The van der Waals surface area contributed by atoms with Crippen LogP contribution in [-0.2, 0) is 6.54 Å². The molecule has 3 rings (SSSR count). The average molecular weight is 259 g/mol. The Bertz CT molecular complexity index is 536. The molecule has 0 radical (unpaired) electrons. The van der Waals surface area contributed by atoms with E-state index in [0.717, 1.165) is 23.8 Å². The zero-order chi connectivity index (χ0) is 13.1. The highest BCUT2D eigenvalue weighted by Gasteiger charge is 2.12. The van der Waals surface area contributed by atoms with Gasteiger partial charge in [0.1, 0.15) is 19.0 Å². The van der Waals surface area contributed by atoms with E-state index >= 15 is 0 Å². The zero-order valence-electron chi connectivity index (χ0n) is 10.9. The number of rotatable bonds is 4. The van der Waals surface area contributed by atoms with Crippen molar-refractivity contribution in [1.29, 1.82) is 0 Å². The minimum absolute atomic E-state index is 0.184. The lowest BCUT2D eigenvalue weighted by molar-refractivity contribution is 0.171. The number of furan rings is 1. The van der Waals surface area contributed by atoms with Gasteiger partial charge in [-0.05, 0) is 36.8 Å². The van der Waals surface area contributed by atoms with Crippen LogP contribution in [0.5, 0.6) is 11.5 Å². The van der Waals surface area contributed by atoms with Crippen LogP contribution in [0, 0.1) is 0 Å². The number of benzene rings is 1. The molecule has 0 bridgehead atoms. The topological polar surface area (TPSA) is 43.6 Å². The van der Waals surface area contributed by atoms with Crippen LogP contribution in [-0.4, -0.2) is 13.2 Å². The van der Waals surface area contributed by atoms with Gasteiger partial charge in [-0.3, -0.25) is 0 Å². The molecular formula is C15H17NO3. The van der Waals surface area contributed by atoms with E-state index in [-0.39, 0.29) is 6.04 Å². The van der Waals surface area contributed by atoms with Crippen LogP contribution in [0.1, 0.15) is 24.3 Å². The van der Waals surface area contributed by atoms with Crippen LogP contribution in [0.4, 0.5) is 0 Å². The van der Waals surface area contributed by atoms with Crippen LogP contribution in [0.3, 0.4) is 0 Å². The van der Waals surface area contributed by atoms with E-state index in [9.17, 15) is 0 Å². The van der Waals surface area contributed by atoms with Crippen molar-refractivity contribution in [3.8, 4) is 11.5 Å². The highest BCUT2D eigenvalue weighted by Crippen LogP contribution is 2.30. The lowest BCUT2D eigenvalue weighted by atomic mass is 10.1. The predicted molar refractivity (Wildman–Crippen MR) is 71.4 cm³/mol. The van der Waals surface area contributed by atoms with Gasteiger partial charge in [0.25, 0.3) is 0 Å². The zero-order valence-corrected chi connectivity index (χ0v) is 10.9. The summed E-state index contributed by atoms with van der Waals surface area (Å²) in [6, 6.07) is 10.1. The molecule has 0 fully saturated rings. The Balaban J connectivity index is 1.64. The molecule has 19 heavy (non-hydrogen) atoms. The Morgan fingerprint density at radius 1 is 1.16 bits per heavy atom. The molecule has 1 aliphatic rings. The molecule has 100 valence electrons. The second-order valence-electron chi connectivity index (χ2n) is 4.60. The molecule has 1 aromatic carbocycles. The molecule has 1 N–H and O–H groups in total. The summed E-state index contributed by atoms with van der Waals surface area (Å²) in [7, 11) is 0. The molecule has 2 aromatic rings. The van der Waals surface area contributed by atoms with Crippen molar-refractivity contribution in [2.24, 2.45) is 0 Å². The van der Waals surface area contributed by atoms with Crippen LogP contribution < -0.4 is 14.8 Å². The van der Waals surface area contributed by atoms with E-state index < -0.39 is 0 Å². The van der Waals surface area contributed by atoms with E-state index in [1.165, 1.54) is 5.56 Å². The summed E-state index contributed by atoms with van der Waals surface area (Å²) in [4.78, 5) is 0. The summed E-state index contributed by atoms with van der Waals surface area (Å²) in [5.41, 5.74) is 1.17. The first-order chi connectivity index (χ1) is 9.33. The van der Waals surface area contributed by atoms with Gasteiger partial charge in [0.15, 0.2) is 11.5 Å². The molecule has 4 nitrogen and oxygen atoms in total. The van der Waals surface area contributed by atoms with Crippen LogP contribution in [0.2, 0.25) is 0 Å². The Labute approximate surface area is 112 Å². The maximum absolute atomic E-state index is 5.57. The minimum Gasteiger partial charge on any atom is -0.486 e. The molecule has 2 heterocycles. The minimum atomic E-state index is 0.184. The molecule has 4 heteroatoms. The van der Waals surface area contributed by atoms with Crippen molar-refractivity contribution >= 4 is 0 Å². The molecule has 0 spiro atoms. The third kappa shape index (κ3) is 2.74. The Morgan fingerprint density at radius 2 is 2.00 bits per heavy atom. The Kier molecular flexibility index (Phi) is 3.42. The van der Waals surface area contributed by atoms with Gasteiger partial charge in [-0.15, -0.1) is 0 Å². The number of hydrogen-bond acceptors (Lipinski definition) is 4. The van der Waals surface area contributed by atoms with Crippen molar-refractivity contribution in [3.63, 3.8) is 0 Å². The maximum atomic E-state index is 5.57. The first-order valence-electron chi connectivity index (χ1n) is 6.48. The quantitative estimate of drug-likeness (QED) is 0.917. The van der Waals surface area contributed by atoms with Crippen LogP contribution in [0.15, 0.2) is 41.0 Å². The molecule has 0 saturated carbocycles. The Hall–Kier alpha value is -1.94. The van der Waals surface area contributed by atoms with Crippen molar-refractivity contribution in [2.45, 2.75) is 19.5 Å². The molecule has 0 aliphatic carbocycles. The molecule has 0 unspecified atom stereocenters. The second-order valence-corrected chi connectivity index (χ2v) is 4.60. The van der Waals surface area contributed by atoms with Crippen LogP contribution in [0.25, 0.3) is 0 Å². The Morgan fingerprint density at radius 3 is 2.79 bits per heavy atom. The average Bonchev–Trinajstić information content (AvgIpc) is 2.99. The lowest BCUT2D eigenvalue weighted by Gasteiger charge is -2.19. The third-order valence-electron chi connectivity index (χ3n) is 3.19. The summed E-state index contributed by atoms with van der Waals surface area (Å²) < 4.78 is 16.4. The highest BCUT2D eigenvalue weighted by atomic mass is 16.6. The SMILES string of the molecule is C[C@@H](NCc1ccc2c(c1)OCCO2)c1ccco1. The molecule has 0 saturated heterocycles. The first kappa shape index (κ1) is 12.1. The van der Waals surface area contributed by atoms with Crippen LogP contribution >= 0.6 is 0 Å². The molecule has 1 atom stereocenters. The van der Waals surface area contributed by atoms with Gasteiger partial charge in [0.2, 0.25) is 0 Å². The molecule has 0 amide bonds. The normalized spacial score (nSPS) is 15.2. The van der Waals surface area contributed by atoms with Crippen molar-refractivity contribution in [1.82, 2.24) is 5.32 Å². The largest absolute Gasteiger partial charge is 0.486 e. The number of hydrogen-bond donors (Lipinski definition) is 1. The van der Waals surface area contributed by atoms with E-state index in [1.807, 2.05) is 24.3 Å². The lowest BCUT2D eigenvalue weighted by Crippen LogP contribution is -2.18. The van der Waals surface area contributed by atoms with E-state index in [2.05, 4.69) is 18.3 Å². The van der Waals surface area contributed by atoms with Gasteiger partial charge in [0, 0.05) is 6.54 Å². The van der Waals surface area contributed by atoms with E-state index in [0.29, 0.717) is 13.2 Å². The van der Waals surface area contributed by atoms with Gasteiger partial charge in [0.05, 0.1) is 12.3 Å². The van der Waals surface area contributed by atoms with E-state index in [1.54, 1.807) is 6.26 Å². The number of fused-ring (bicyclic) bond motifs is 1. The fraction of sp³-hybridized carbons (Fsp3) is 0.333. The van der Waals surface area contributed by atoms with Gasteiger partial charge in [-0.25, -0.2) is 0 Å². The number of nitrogens with one attached hydrogen (secondary N) is 1. The predicted octanol–water partition coefficient (Wildman–Crippen LogP) is 2.90. The fourth-order valence-corrected chi connectivity index (χ4v) is 2.11. The highest BCUT2D eigenvalue weighted by molar-refractivity contribution is 5.43. The van der Waals surface area contributed by atoms with Crippen molar-refractivity contribution in [2.75, 3.05) is 13.2 Å².